The van der Waals surface area contributed by atoms with E-state index in [2.05, 4.69) is 57.3 Å². The van der Waals surface area contributed by atoms with Crippen molar-refractivity contribution in [2.45, 2.75) is 52.2 Å². The number of likely N-dealkylation sites (N-methyl/N-ethyl adjacent to an activating group) is 1. The fraction of sp³-hybridized carbons (Fsp3) is 0.600. The van der Waals surface area contributed by atoms with Crippen molar-refractivity contribution in [2.24, 2.45) is 0 Å². The van der Waals surface area contributed by atoms with E-state index >= 15 is 0 Å². The Balaban J connectivity index is 2.62. The molecule has 0 saturated carbocycles. The highest BCUT2D eigenvalue weighted by molar-refractivity contribution is 5.29. The Kier molecular flexibility index (Phi) is 5.49. The van der Waals surface area contributed by atoms with Crippen molar-refractivity contribution >= 4 is 0 Å². The Bertz CT molecular complexity index is 314. The molecule has 96 valence electrons. The minimum atomic E-state index is 0.190. The van der Waals surface area contributed by atoms with Gasteiger partial charge in [0.1, 0.15) is 11.9 Å². The first kappa shape index (κ1) is 14.0. The van der Waals surface area contributed by atoms with Gasteiger partial charge in [-0.1, -0.05) is 32.9 Å². The molecule has 2 nitrogen and oxygen atoms in total. The lowest BCUT2D eigenvalue weighted by Gasteiger charge is -2.23. The van der Waals surface area contributed by atoms with Crippen molar-refractivity contribution in [1.29, 1.82) is 0 Å². The summed E-state index contributed by atoms with van der Waals surface area (Å²) < 4.78 is 5.93. The SMILES string of the molecule is CCC(NC)C(C)Oc1ccc(C(C)C)cc1. The molecular formula is C15H25NO. The zero-order chi connectivity index (χ0) is 12.8. The first-order valence-electron chi connectivity index (χ1n) is 6.52. The first-order valence-corrected chi connectivity index (χ1v) is 6.52. The van der Waals surface area contributed by atoms with E-state index in [-0.39, 0.29) is 6.10 Å². The summed E-state index contributed by atoms with van der Waals surface area (Å²) in [6.07, 6.45) is 1.26. The largest absolute Gasteiger partial charge is 0.489 e. The second-order valence-corrected chi connectivity index (χ2v) is 4.85. The molecule has 0 aliphatic carbocycles. The van der Waals surface area contributed by atoms with Crippen molar-refractivity contribution < 1.29 is 4.74 Å². The average Bonchev–Trinajstić information content (AvgIpc) is 2.31. The molecule has 0 amide bonds. The van der Waals surface area contributed by atoms with Gasteiger partial charge in [0.25, 0.3) is 0 Å². The van der Waals surface area contributed by atoms with Gasteiger partial charge < -0.3 is 10.1 Å². The van der Waals surface area contributed by atoms with E-state index in [1.165, 1.54) is 5.56 Å². The third kappa shape index (κ3) is 4.04. The maximum atomic E-state index is 5.93. The smallest absolute Gasteiger partial charge is 0.119 e. The molecule has 0 spiro atoms. The normalized spacial score (nSPS) is 14.7. The quantitative estimate of drug-likeness (QED) is 0.814. The molecule has 2 heteroatoms. The summed E-state index contributed by atoms with van der Waals surface area (Å²) in [6.45, 7) is 8.68. The Morgan fingerprint density at radius 1 is 1.12 bits per heavy atom. The van der Waals surface area contributed by atoms with Crippen LogP contribution in [0.25, 0.3) is 0 Å². The van der Waals surface area contributed by atoms with Crippen LogP contribution in [0.4, 0.5) is 0 Å². The van der Waals surface area contributed by atoms with Gasteiger partial charge in [0.15, 0.2) is 0 Å². The fourth-order valence-corrected chi connectivity index (χ4v) is 2.00. The molecule has 1 aromatic carbocycles. The summed E-state index contributed by atoms with van der Waals surface area (Å²) in [4.78, 5) is 0. The summed E-state index contributed by atoms with van der Waals surface area (Å²) in [5.74, 6) is 1.53. The highest BCUT2D eigenvalue weighted by Crippen LogP contribution is 2.20. The second kappa shape index (κ2) is 6.65. The van der Waals surface area contributed by atoms with Crippen LogP contribution in [0.2, 0.25) is 0 Å². The molecule has 0 saturated heterocycles. The van der Waals surface area contributed by atoms with Gasteiger partial charge in [-0.05, 0) is 44.0 Å². The molecule has 0 heterocycles. The summed E-state index contributed by atoms with van der Waals surface area (Å²) >= 11 is 0. The van der Waals surface area contributed by atoms with E-state index in [9.17, 15) is 0 Å². The first-order chi connectivity index (χ1) is 8.08. The molecule has 0 aliphatic rings. The number of nitrogens with one attached hydrogen (secondary N) is 1. The van der Waals surface area contributed by atoms with Crippen LogP contribution in [0.5, 0.6) is 5.75 Å². The van der Waals surface area contributed by atoms with Gasteiger partial charge >= 0.3 is 0 Å². The summed E-state index contributed by atoms with van der Waals surface area (Å²) in [7, 11) is 1.98. The van der Waals surface area contributed by atoms with Crippen LogP contribution in [0.1, 0.15) is 45.6 Å². The lowest BCUT2D eigenvalue weighted by molar-refractivity contribution is 0.172. The monoisotopic (exact) mass is 235 g/mol. The molecule has 2 unspecified atom stereocenters. The standard InChI is InChI=1S/C15H25NO/c1-6-15(16-5)12(4)17-14-9-7-13(8-10-14)11(2)3/h7-12,15-16H,6H2,1-5H3. The molecule has 0 fully saturated rings. The Labute approximate surface area is 105 Å². The lowest BCUT2D eigenvalue weighted by atomic mass is 10.0. The van der Waals surface area contributed by atoms with Crippen LogP contribution >= 0.6 is 0 Å². The molecule has 0 aliphatic heterocycles. The van der Waals surface area contributed by atoms with Crippen LogP contribution in [0.15, 0.2) is 24.3 Å². The number of hydrogen-bond acceptors (Lipinski definition) is 2. The average molecular weight is 235 g/mol. The minimum absolute atomic E-state index is 0.190. The third-order valence-corrected chi connectivity index (χ3v) is 3.25. The van der Waals surface area contributed by atoms with E-state index in [1.54, 1.807) is 0 Å². The Morgan fingerprint density at radius 2 is 1.71 bits per heavy atom. The van der Waals surface area contributed by atoms with Crippen molar-refractivity contribution in [2.75, 3.05) is 7.05 Å². The van der Waals surface area contributed by atoms with Crippen molar-refractivity contribution in [3.63, 3.8) is 0 Å². The number of ether oxygens (including phenoxy) is 1. The Morgan fingerprint density at radius 3 is 2.12 bits per heavy atom. The second-order valence-electron chi connectivity index (χ2n) is 4.85. The number of rotatable bonds is 6. The molecular weight excluding hydrogens is 210 g/mol. The van der Waals surface area contributed by atoms with Crippen molar-refractivity contribution in [3.8, 4) is 5.75 Å². The molecule has 0 radical (unpaired) electrons. The maximum Gasteiger partial charge on any atom is 0.119 e. The fourth-order valence-electron chi connectivity index (χ4n) is 2.00. The number of benzene rings is 1. The topological polar surface area (TPSA) is 21.3 Å². The molecule has 1 N–H and O–H groups in total. The van der Waals surface area contributed by atoms with Gasteiger partial charge in [-0.25, -0.2) is 0 Å². The van der Waals surface area contributed by atoms with Gasteiger partial charge in [-0.2, -0.15) is 0 Å². The van der Waals surface area contributed by atoms with Crippen LogP contribution < -0.4 is 10.1 Å². The van der Waals surface area contributed by atoms with Crippen LogP contribution in [0, 0.1) is 0 Å². The van der Waals surface area contributed by atoms with Crippen LogP contribution in [0.3, 0.4) is 0 Å². The summed E-state index contributed by atoms with van der Waals surface area (Å²) in [5, 5.41) is 3.28. The Hall–Kier alpha value is -1.02. The molecule has 2 atom stereocenters. The lowest BCUT2D eigenvalue weighted by Crippen LogP contribution is -2.38. The zero-order valence-electron chi connectivity index (χ0n) is 11.7. The molecule has 0 aromatic heterocycles. The minimum Gasteiger partial charge on any atom is -0.489 e. The molecule has 0 bridgehead atoms. The van der Waals surface area contributed by atoms with E-state index in [1.807, 2.05) is 7.05 Å². The highest BCUT2D eigenvalue weighted by atomic mass is 16.5. The maximum absolute atomic E-state index is 5.93. The molecule has 1 aromatic rings. The van der Waals surface area contributed by atoms with Gasteiger partial charge in [0, 0.05) is 6.04 Å². The van der Waals surface area contributed by atoms with Crippen molar-refractivity contribution in [1.82, 2.24) is 5.32 Å². The number of hydrogen-bond donors (Lipinski definition) is 1. The molecule has 1 rings (SSSR count). The zero-order valence-corrected chi connectivity index (χ0v) is 11.7. The predicted octanol–water partition coefficient (Wildman–Crippen LogP) is 3.58. The third-order valence-electron chi connectivity index (χ3n) is 3.25. The van der Waals surface area contributed by atoms with E-state index in [0.717, 1.165) is 12.2 Å². The van der Waals surface area contributed by atoms with E-state index < -0.39 is 0 Å². The van der Waals surface area contributed by atoms with E-state index in [4.69, 9.17) is 4.74 Å². The van der Waals surface area contributed by atoms with Gasteiger partial charge in [0.05, 0.1) is 0 Å². The van der Waals surface area contributed by atoms with Gasteiger partial charge in [-0.15, -0.1) is 0 Å². The molecule has 17 heavy (non-hydrogen) atoms. The van der Waals surface area contributed by atoms with Crippen LogP contribution in [-0.2, 0) is 0 Å². The van der Waals surface area contributed by atoms with Gasteiger partial charge in [0.2, 0.25) is 0 Å². The summed E-state index contributed by atoms with van der Waals surface area (Å²) in [5.41, 5.74) is 1.35. The van der Waals surface area contributed by atoms with Crippen LogP contribution in [-0.4, -0.2) is 19.2 Å². The van der Waals surface area contributed by atoms with Gasteiger partial charge in [-0.3, -0.25) is 0 Å². The van der Waals surface area contributed by atoms with Crippen molar-refractivity contribution in [3.05, 3.63) is 29.8 Å². The van der Waals surface area contributed by atoms with E-state index in [0.29, 0.717) is 12.0 Å². The highest BCUT2D eigenvalue weighted by Gasteiger charge is 2.14. The predicted molar refractivity (Wildman–Crippen MR) is 73.8 cm³/mol. The summed E-state index contributed by atoms with van der Waals surface area (Å²) in [6, 6.07) is 8.82.